The van der Waals surface area contributed by atoms with Gasteiger partial charge < -0.3 is 26.0 Å². The molecule has 4 atom stereocenters. The van der Waals surface area contributed by atoms with Crippen molar-refractivity contribution < 1.29 is 24.1 Å². The minimum Gasteiger partial charge on any atom is -0.394 e. The van der Waals surface area contributed by atoms with Crippen LogP contribution < -0.4 is 11.1 Å². The quantitative estimate of drug-likeness (QED) is 0.361. The predicted octanol–water partition coefficient (Wildman–Crippen LogP) is 3.45. The zero-order chi connectivity index (χ0) is 28.3. The van der Waals surface area contributed by atoms with Crippen LogP contribution >= 0.6 is 11.6 Å². The number of aliphatic hydroxyl groups excluding tert-OH is 2. The average Bonchev–Trinajstić information content (AvgIpc) is 2.90. The first-order valence-corrected chi connectivity index (χ1v) is 13.4. The van der Waals surface area contributed by atoms with Crippen LogP contribution in [0, 0.1) is 18.7 Å². The van der Waals surface area contributed by atoms with E-state index in [1.165, 1.54) is 19.2 Å². The van der Waals surface area contributed by atoms with Crippen LogP contribution in [-0.2, 0) is 4.74 Å². The number of ether oxygens (including phenoxy) is 1. The van der Waals surface area contributed by atoms with Crippen LogP contribution in [0.4, 0.5) is 10.2 Å². The molecule has 5 N–H and O–H groups in total. The highest BCUT2D eigenvalue weighted by atomic mass is 35.5. The van der Waals surface area contributed by atoms with Crippen molar-refractivity contribution in [3.63, 3.8) is 0 Å². The van der Waals surface area contributed by atoms with E-state index >= 15 is 4.39 Å². The number of anilines is 1. The van der Waals surface area contributed by atoms with Crippen LogP contribution in [0.5, 0.6) is 0 Å². The van der Waals surface area contributed by atoms with E-state index in [1.54, 1.807) is 12.1 Å². The maximum Gasteiger partial charge on any atom is 0.254 e. The van der Waals surface area contributed by atoms with E-state index in [4.69, 9.17) is 27.1 Å². The van der Waals surface area contributed by atoms with Crippen molar-refractivity contribution in [1.29, 1.82) is 0 Å². The number of carbonyl (C=O) groups excluding carboxylic acids is 1. The molecule has 1 saturated heterocycles. The summed E-state index contributed by atoms with van der Waals surface area (Å²) in [6.07, 6.45) is 4.94. The van der Waals surface area contributed by atoms with Gasteiger partial charge in [-0.05, 0) is 55.9 Å². The highest BCUT2D eigenvalue weighted by Crippen LogP contribution is 2.33. The molecule has 1 aromatic carbocycles. The topological polar surface area (TPSA) is 134 Å². The molecular weight excluding hydrogens is 525 g/mol. The summed E-state index contributed by atoms with van der Waals surface area (Å²) in [6.45, 7) is 4.70. The number of nitrogen functional groups attached to an aromatic ring is 1. The second kappa shape index (κ2) is 12.5. The number of allylic oxidation sites excluding steroid dienone is 3. The second-order valence-electron chi connectivity index (χ2n) is 10.2. The summed E-state index contributed by atoms with van der Waals surface area (Å²) in [4.78, 5) is 24.0. The molecule has 1 aromatic heterocycles. The molecule has 2 aliphatic rings. The van der Waals surface area contributed by atoms with Crippen molar-refractivity contribution in [2.45, 2.75) is 51.5 Å². The molecular formula is C28H35ClFN5O4. The molecule has 2 aromatic rings. The van der Waals surface area contributed by atoms with Gasteiger partial charge in [-0.15, -0.1) is 0 Å². The summed E-state index contributed by atoms with van der Waals surface area (Å²) < 4.78 is 20.3. The van der Waals surface area contributed by atoms with Crippen LogP contribution in [0.15, 0.2) is 41.0 Å². The van der Waals surface area contributed by atoms with Gasteiger partial charge in [-0.2, -0.15) is 0 Å². The second-order valence-corrected chi connectivity index (χ2v) is 10.6. The molecule has 3 unspecified atom stereocenters. The maximum absolute atomic E-state index is 15.2. The number of nitrogens with one attached hydrogen (secondary N) is 1. The van der Waals surface area contributed by atoms with Crippen molar-refractivity contribution in [1.82, 2.24) is 20.2 Å². The van der Waals surface area contributed by atoms with Gasteiger partial charge in [0.1, 0.15) is 17.3 Å². The van der Waals surface area contributed by atoms with Gasteiger partial charge in [0, 0.05) is 36.7 Å². The van der Waals surface area contributed by atoms with Crippen molar-refractivity contribution in [3.8, 4) is 11.3 Å². The van der Waals surface area contributed by atoms with E-state index < -0.39 is 24.2 Å². The first-order chi connectivity index (χ1) is 18.6. The van der Waals surface area contributed by atoms with Crippen LogP contribution in [0.25, 0.3) is 11.3 Å². The number of likely N-dealkylation sites (tertiary alicyclic amines) is 1. The Morgan fingerprint density at radius 2 is 2.15 bits per heavy atom. The Balaban J connectivity index is 1.56. The molecule has 2 heterocycles. The van der Waals surface area contributed by atoms with Crippen LogP contribution in [0.2, 0.25) is 0 Å². The van der Waals surface area contributed by atoms with E-state index in [0.717, 1.165) is 24.1 Å². The van der Waals surface area contributed by atoms with Gasteiger partial charge in [-0.25, -0.2) is 14.4 Å². The number of aliphatic hydroxyl groups is 2. The van der Waals surface area contributed by atoms with Crippen molar-refractivity contribution in [3.05, 3.63) is 63.7 Å². The molecule has 210 valence electrons. The third-order valence-electron chi connectivity index (χ3n) is 7.24. The first kappa shape index (κ1) is 29.1. The molecule has 1 aliphatic heterocycles. The number of aryl methyl sites for hydroxylation is 1. The summed E-state index contributed by atoms with van der Waals surface area (Å²) in [5.41, 5.74) is 8.90. The molecule has 11 heteroatoms. The fraction of sp³-hybridized carbons (Fsp3) is 0.464. The Hall–Kier alpha value is -2.89. The Morgan fingerprint density at radius 3 is 2.82 bits per heavy atom. The number of hydrogen-bond acceptors (Lipinski definition) is 8. The van der Waals surface area contributed by atoms with Gasteiger partial charge in [0.05, 0.1) is 29.6 Å². The number of halogens is 2. The highest BCUT2D eigenvalue weighted by Gasteiger charge is 2.29. The minimum absolute atomic E-state index is 0.0131. The summed E-state index contributed by atoms with van der Waals surface area (Å²) >= 11 is 6.16. The molecule has 1 fully saturated rings. The first-order valence-electron chi connectivity index (χ1n) is 13.0. The summed E-state index contributed by atoms with van der Waals surface area (Å²) in [5, 5.41) is 23.3. The number of hydrogen-bond donors (Lipinski definition) is 4. The fourth-order valence-corrected chi connectivity index (χ4v) is 5.65. The third-order valence-corrected chi connectivity index (χ3v) is 7.48. The lowest BCUT2D eigenvalue weighted by molar-refractivity contribution is -0.182. The van der Waals surface area contributed by atoms with E-state index in [0.29, 0.717) is 41.5 Å². The van der Waals surface area contributed by atoms with E-state index in [2.05, 4.69) is 10.3 Å². The Morgan fingerprint density at radius 1 is 1.38 bits per heavy atom. The van der Waals surface area contributed by atoms with Gasteiger partial charge in [-0.3, -0.25) is 9.69 Å². The lowest BCUT2D eigenvalue weighted by Gasteiger charge is -2.35. The van der Waals surface area contributed by atoms with E-state index in [-0.39, 0.29) is 29.8 Å². The molecule has 0 saturated carbocycles. The number of benzene rings is 1. The lowest BCUT2D eigenvalue weighted by Crippen LogP contribution is -2.43. The molecule has 9 nitrogen and oxygen atoms in total. The Kier molecular flexibility index (Phi) is 9.35. The number of nitrogens with zero attached hydrogens (tertiary/aromatic N) is 3. The zero-order valence-corrected chi connectivity index (χ0v) is 23.1. The number of carbonyl (C=O) groups is 1. The normalized spacial score (nSPS) is 21.6. The summed E-state index contributed by atoms with van der Waals surface area (Å²) in [6, 6.07) is 3.48. The van der Waals surface area contributed by atoms with Gasteiger partial charge in [0.15, 0.2) is 0 Å². The SMILES string of the molecule is COC(O)N1CCCC(c2nc(-c3ccc(C(=O)N[C@H](CO)C4=CC(Cl)=CC(C)C4)c(F)c3)c(N)nc2C)C1. The zero-order valence-electron chi connectivity index (χ0n) is 22.3. The van der Waals surface area contributed by atoms with Gasteiger partial charge in [0.2, 0.25) is 6.41 Å². The summed E-state index contributed by atoms with van der Waals surface area (Å²) in [7, 11) is 1.45. The number of aromatic nitrogens is 2. The van der Waals surface area contributed by atoms with Crippen LogP contribution in [0.1, 0.15) is 53.8 Å². The minimum atomic E-state index is -1.00. The fourth-order valence-electron chi connectivity index (χ4n) is 5.30. The molecule has 1 amide bonds. The molecule has 39 heavy (non-hydrogen) atoms. The van der Waals surface area contributed by atoms with Gasteiger partial charge in [0.25, 0.3) is 5.91 Å². The number of rotatable bonds is 8. The van der Waals surface area contributed by atoms with Crippen molar-refractivity contribution >= 4 is 23.3 Å². The smallest absolute Gasteiger partial charge is 0.254 e. The number of methoxy groups -OCH3 is 1. The number of nitrogens with two attached hydrogens (primary N) is 1. The average molecular weight is 560 g/mol. The third kappa shape index (κ3) is 6.64. The Bertz CT molecular complexity index is 1290. The van der Waals surface area contributed by atoms with Crippen LogP contribution in [0.3, 0.4) is 0 Å². The maximum atomic E-state index is 15.2. The number of piperidine rings is 1. The monoisotopic (exact) mass is 559 g/mol. The van der Waals surface area contributed by atoms with Gasteiger partial charge >= 0.3 is 0 Å². The molecule has 0 spiro atoms. The lowest BCUT2D eigenvalue weighted by atomic mass is 9.91. The van der Waals surface area contributed by atoms with Crippen molar-refractivity contribution in [2.75, 3.05) is 32.5 Å². The van der Waals surface area contributed by atoms with Crippen molar-refractivity contribution in [2.24, 2.45) is 5.92 Å². The Labute approximate surface area is 232 Å². The summed E-state index contributed by atoms with van der Waals surface area (Å²) in [5.74, 6) is -1.10. The predicted molar refractivity (Wildman–Crippen MR) is 147 cm³/mol. The molecule has 0 bridgehead atoms. The number of amides is 1. The van der Waals surface area contributed by atoms with Crippen LogP contribution in [-0.4, -0.2) is 70.3 Å². The van der Waals surface area contributed by atoms with Gasteiger partial charge in [-0.1, -0.05) is 30.7 Å². The standard InChI is InChI=1S/C28H35ClFN5O4/c1-15-9-19(11-20(29)10-15)23(14-36)33-27(37)21-7-6-17(12-22(21)30)25-26(31)32-16(2)24(34-25)18-5-4-8-35(13-18)28(38)39-3/h6-7,10-12,15,18,23,28,36,38H,4-5,8-9,13-14H2,1-3H3,(H2,31,32)(H,33,37)/t15?,18?,23-,28?/m1/s1. The molecule has 1 aliphatic carbocycles. The molecule has 4 rings (SSSR count). The molecule has 0 radical (unpaired) electrons. The largest absolute Gasteiger partial charge is 0.394 e. The van der Waals surface area contributed by atoms with E-state index in [9.17, 15) is 15.0 Å². The highest BCUT2D eigenvalue weighted by molar-refractivity contribution is 6.31. The van der Waals surface area contributed by atoms with E-state index in [1.807, 2.05) is 24.8 Å².